The molecule has 3 aromatic carbocycles. The minimum atomic E-state index is -0.207. The molecule has 0 bridgehead atoms. The van der Waals surface area contributed by atoms with E-state index in [9.17, 15) is 14.7 Å². The van der Waals surface area contributed by atoms with Crippen LogP contribution in [0.2, 0.25) is 0 Å². The second-order valence-corrected chi connectivity index (χ2v) is 12.9. The van der Waals surface area contributed by atoms with Crippen molar-refractivity contribution in [2.75, 3.05) is 64.3 Å². The third-order valence-corrected chi connectivity index (χ3v) is 10.2. The van der Waals surface area contributed by atoms with E-state index in [0.29, 0.717) is 54.9 Å². The van der Waals surface area contributed by atoms with Gasteiger partial charge in [-0.25, -0.2) is 0 Å². The molecular formula is C34H37ClN4O5. The molecule has 9 nitrogen and oxygen atoms in total. The highest BCUT2D eigenvalue weighted by atomic mass is 35.5. The summed E-state index contributed by atoms with van der Waals surface area (Å²) in [4.78, 5) is 35.9. The fourth-order valence-corrected chi connectivity index (χ4v) is 7.55. The van der Waals surface area contributed by atoms with Crippen LogP contribution in [0.25, 0.3) is 21.7 Å². The molecule has 2 fully saturated rings. The van der Waals surface area contributed by atoms with Crippen molar-refractivity contribution < 1.29 is 24.2 Å². The maximum absolute atomic E-state index is 13.9. The van der Waals surface area contributed by atoms with Gasteiger partial charge in [-0.3, -0.25) is 9.59 Å². The number of fused-ring (bicyclic) bond motifs is 4. The van der Waals surface area contributed by atoms with Gasteiger partial charge in [0.05, 0.1) is 19.3 Å². The van der Waals surface area contributed by atoms with Crippen LogP contribution in [0, 0.1) is 5.41 Å². The smallest absolute Gasteiger partial charge is 0.274 e. The molecule has 1 atom stereocenters. The fraction of sp³-hybridized carbons (Fsp3) is 0.412. The summed E-state index contributed by atoms with van der Waals surface area (Å²) in [6.45, 7) is 4.15. The minimum Gasteiger partial charge on any atom is -0.507 e. The van der Waals surface area contributed by atoms with Gasteiger partial charge in [-0.2, -0.15) is 0 Å². The summed E-state index contributed by atoms with van der Waals surface area (Å²) < 4.78 is 11.8. The van der Waals surface area contributed by atoms with Crippen LogP contribution in [-0.2, 0) is 4.79 Å². The molecule has 0 unspecified atom stereocenters. The summed E-state index contributed by atoms with van der Waals surface area (Å²) in [5.41, 5.74) is 2.91. The van der Waals surface area contributed by atoms with E-state index in [-0.39, 0.29) is 28.9 Å². The highest BCUT2D eigenvalue weighted by Gasteiger charge is 2.44. The molecular weight excluding hydrogens is 580 g/mol. The summed E-state index contributed by atoms with van der Waals surface area (Å²) in [5.74, 6) is 1.54. The van der Waals surface area contributed by atoms with Crippen molar-refractivity contribution in [3.8, 4) is 17.2 Å². The number of hydrogen-bond acceptors (Lipinski definition) is 6. The van der Waals surface area contributed by atoms with Gasteiger partial charge in [0.15, 0.2) is 11.5 Å². The van der Waals surface area contributed by atoms with Crippen molar-refractivity contribution >= 4 is 50.8 Å². The van der Waals surface area contributed by atoms with Crippen LogP contribution in [-0.4, -0.2) is 91.1 Å². The number of piperidine rings is 1. The van der Waals surface area contributed by atoms with Crippen molar-refractivity contribution in [2.24, 2.45) is 5.41 Å². The number of ether oxygens (including phenoxy) is 2. The molecule has 1 spiro atoms. The first-order valence-corrected chi connectivity index (χ1v) is 15.7. The molecule has 0 saturated carbocycles. The third-order valence-electron chi connectivity index (χ3n) is 9.78. The number of carbonyl (C=O) groups is 2. The topological polar surface area (TPSA) is 98.3 Å². The van der Waals surface area contributed by atoms with E-state index in [1.165, 1.54) is 0 Å². The molecule has 3 aliphatic heterocycles. The number of methoxy groups -OCH3 is 1. The summed E-state index contributed by atoms with van der Waals surface area (Å²) in [7, 11) is 3.72. The van der Waals surface area contributed by atoms with Crippen LogP contribution < -0.4 is 14.4 Å². The third kappa shape index (κ3) is 4.92. The number of H-pyrrole nitrogens is 1. The number of halogens is 1. The normalized spacial score (nSPS) is 19.8. The van der Waals surface area contributed by atoms with Crippen LogP contribution in [0.15, 0.2) is 48.5 Å². The lowest BCUT2D eigenvalue weighted by molar-refractivity contribution is -0.128. The monoisotopic (exact) mass is 616 g/mol. The number of aromatic hydroxyl groups is 1. The summed E-state index contributed by atoms with van der Waals surface area (Å²) >= 11 is 6.38. The average molecular weight is 617 g/mol. The highest BCUT2D eigenvalue weighted by Crippen LogP contribution is 2.46. The summed E-state index contributed by atoms with van der Waals surface area (Å²) in [6.07, 6.45) is 2.73. The van der Waals surface area contributed by atoms with Crippen molar-refractivity contribution in [2.45, 2.75) is 25.2 Å². The lowest BCUT2D eigenvalue weighted by atomic mass is 9.78. The molecule has 3 aliphatic rings. The Morgan fingerprint density at radius 1 is 1.11 bits per heavy atom. The zero-order chi connectivity index (χ0) is 30.6. The summed E-state index contributed by atoms with van der Waals surface area (Å²) in [6, 6.07) is 14.8. The first kappa shape index (κ1) is 28.8. The number of benzene rings is 3. The van der Waals surface area contributed by atoms with Crippen LogP contribution in [0.1, 0.15) is 41.2 Å². The van der Waals surface area contributed by atoms with E-state index in [1.807, 2.05) is 47.4 Å². The number of alkyl halides is 1. The SMILES string of the molecule is COc1cc2[nH]c(C(=O)N3C[C@@H](CCl)c4c3cc(O)c3ccccc43)cc2cc1OCCN1CC2(CCN(C)CC2)CC1=O. The Balaban J connectivity index is 1.09. The first-order chi connectivity index (χ1) is 21.3. The van der Waals surface area contributed by atoms with E-state index < -0.39 is 0 Å². The number of amides is 2. The number of phenols is 1. The Hall–Kier alpha value is -3.95. The van der Waals surface area contributed by atoms with Gasteiger partial charge in [0.25, 0.3) is 5.91 Å². The molecule has 44 heavy (non-hydrogen) atoms. The van der Waals surface area contributed by atoms with Gasteiger partial charge in [0.2, 0.25) is 5.91 Å². The van der Waals surface area contributed by atoms with Crippen molar-refractivity contribution in [1.29, 1.82) is 0 Å². The standard InChI is InChI=1S/C34H37ClN4O5/c1-37-9-7-34(8-10-37)17-31(41)38(20-34)11-12-44-30-14-21-13-26(36-25(21)15-29(30)43-2)33(42)39-19-22(18-35)32-24-6-4-3-5-23(24)28(40)16-27(32)39/h3-6,13-16,22,36,40H,7-12,17-20H2,1-2H3/t22-/m1/s1. The van der Waals surface area contributed by atoms with Crippen molar-refractivity contribution in [3.05, 3.63) is 59.8 Å². The van der Waals surface area contributed by atoms with Gasteiger partial charge < -0.3 is 34.3 Å². The molecule has 4 aromatic rings. The fourth-order valence-electron chi connectivity index (χ4n) is 7.30. The van der Waals surface area contributed by atoms with Gasteiger partial charge in [-0.05, 0) is 61.5 Å². The number of nitrogens with zero attached hydrogens (tertiary/aromatic N) is 3. The van der Waals surface area contributed by atoms with Crippen molar-refractivity contribution in [3.63, 3.8) is 0 Å². The maximum Gasteiger partial charge on any atom is 0.274 e. The van der Waals surface area contributed by atoms with Crippen molar-refractivity contribution in [1.82, 2.24) is 14.8 Å². The maximum atomic E-state index is 13.9. The molecule has 0 aliphatic carbocycles. The molecule has 2 amide bonds. The number of aromatic amines is 1. The molecule has 10 heteroatoms. The number of carbonyl (C=O) groups excluding carboxylic acids is 2. The number of hydrogen-bond donors (Lipinski definition) is 2. The van der Waals surface area contributed by atoms with Gasteiger partial charge in [0.1, 0.15) is 18.1 Å². The van der Waals surface area contributed by atoms with E-state index >= 15 is 0 Å². The Kier molecular flexibility index (Phi) is 7.33. The van der Waals surface area contributed by atoms with Gasteiger partial charge in [-0.1, -0.05) is 24.3 Å². The number of phenolic OH excluding ortho intramolecular Hbond substituents is 1. The highest BCUT2D eigenvalue weighted by molar-refractivity contribution is 6.19. The Morgan fingerprint density at radius 3 is 2.64 bits per heavy atom. The Bertz CT molecular complexity index is 1760. The number of anilines is 1. The largest absolute Gasteiger partial charge is 0.507 e. The van der Waals surface area contributed by atoms with E-state index in [2.05, 4.69) is 16.9 Å². The molecule has 4 heterocycles. The average Bonchev–Trinajstić information content (AvgIpc) is 3.71. The van der Waals surface area contributed by atoms with Crippen LogP contribution in [0.5, 0.6) is 17.2 Å². The van der Waals surface area contributed by atoms with Crippen LogP contribution >= 0.6 is 11.6 Å². The Labute approximate surface area is 261 Å². The summed E-state index contributed by atoms with van der Waals surface area (Å²) in [5, 5.41) is 13.2. The molecule has 230 valence electrons. The zero-order valence-electron chi connectivity index (χ0n) is 25.1. The molecule has 2 N–H and O–H groups in total. The molecule has 7 rings (SSSR count). The number of likely N-dealkylation sites (tertiary alicyclic amines) is 2. The van der Waals surface area contributed by atoms with Crippen LogP contribution in [0.3, 0.4) is 0 Å². The van der Waals surface area contributed by atoms with E-state index in [1.54, 1.807) is 18.1 Å². The Morgan fingerprint density at radius 2 is 1.89 bits per heavy atom. The second kappa shape index (κ2) is 11.2. The predicted octanol–water partition coefficient (Wildman–Crippen LogP) is 5.34. The van der Waals surface area contributed by atoms with Gasteiger partial charge >= 0.3 is 0 Å². The number of nitrogens with one attached hydrogen (secondary N) is 1. The number of rotatable bonds is 7. The number of aromatic nitrogens is 1. The van der Waals surface area contributed by atoms with E-state index in [4.69, 9.17) is 21.1 Å². The molecule has 0 radical (unpaired) electrons. The quantitative estimate of drug-likeness (QED) is 0.272. The van der Waals surface area contributed by atoms with E-state index in [0.717, 1.165) is 59.7 Å². The van der Waals surface area contributed by atoms with Gasteiger partial charge in [-0.15, -0.1) is 11.6 Å². The molecule has 1 aromatic heterocycles. The second-order valence-electron chi connectivity index (χ2n) is 12.6. The minimum absolute atomic E-state index is 0.0533. The van der Waals surface area contributed by atoms with Gasteiger partial charge in [0, 0.05) is 59.7 Å². The first-order valence-electron chi connectivity index (χ1n) is 15.2. The van der Waals surface area contributed by atoms with Crippen LogP contribution in [0.4, 0.5) is 5.69 Å². The zero-order valence-corrected chi connectivity index (χ0v) is 25.8. The lowest BCUT2D eigenvalue weighted by Crippen LogP contribution is -2.40. The molecule has 2 saturated heterocycles. The predicted molar refractivity (Wildman–Crippen MR) is 171 cm³/mol. The lowest BCUT2D eigenvalue weighted by Gasteiger charge is -2.37.